The highest BCUT2D eigenvalue weighted by molar-refractivity contribution is 7.90. The number of rotatable bonds is 5. The standard InChI is InChI=1S/C13H11ClN2O6S/c1-23(21,22)6-5-15-11-10(14)13(18)9-7(12(11)17)3-2-4-8(9)16(19)20/h2-4,15H,5-6H2,1H3. The lowest BCUT2D eigenvalue weighted by Gasteiger charge is -2.18. The minimum Gasteiger partial charge on any atom is -0.380 e. The van der Waals surface area contributed by atoms with Crippen molar-refractivity contribution in [1.82, 2.24) is 5.32 Å². The Hall–Kier alpha value is -2.26. The molecule has 0 amide bonds. The van der Waals surface area contributed by atoms with Gasteiger partial charge in [-0.05, 0) is 6.07 Å². The van der Waals surface area contributed by atoms with Crippen LogP contribution in [-0.2, 0) is 9.84 Å². The monoisotopic (exact) mass is 358 g/mol. The van der Waals surface area contributed by atoms with Crippen LogP contribution in [0.5, 0.6) is 0 Å². The number of carbonyl (C=O) groups excluding carboxylic acids is 2. The third-order valence-electron chi connectivity index (χ3n) is 3.13. The van der Waals surface area contributed by atoms with E-state index in [1.54, 1.807) is 0 Å². The maximum Gasteiger partial charge on any atom is 0.281 e. The van der Waals surface area contributed by atoms with E-state index in [9.17, 15) is 28.1 Å². The molecule has 0 saturated carbocycles. The SMILES string of the molecule is CS(=O)(=O)CCNC1=C(Cl)C(=O)c2c(cccc2[N+](=O)[O-])C1=O. The van der Waals surface area contributed by atoms with E-state index < -0.39 is 37.0 Å². The van der Waals surface area contributed by atoms with E-state index in [-0.39, 0.29) is 29.1 Å². The maximum absolute atomic E-state index is 12.4. The molecule has 0 radical (unpaired) electrons. The average molecular weight is 359 g/mol. The molecule has 0 heterocycles. The lowest BCUT2D eigenvalue weighted by Crippen LogP contribution is -2.32. The molecule has 0 atom stereocenters. The highest BCUT2D eigenvalue weighted by Gasteiger charge is 2.36. The van der Waals surface area contributed by atoms with Crippen molar-refractivity contribution < 1.29 is 22.9 Å². The van der Waals surface area contributed by atoms with Crippen molar-refractivity contribution in [2.45, 2.75) is 0 Å². The number of hydrogen-bond donors (Lipinski definition) is 1. The van der Waals surface area contributed by atoms with E-state index in [2.05, 4.69) is 5.32 Å². The first kappa shape index (κ1) is 17.1. The molecule has 0 aliphatic heterocycles. The van der Waals surface area contributed by atoms with Crippen LogP contribution in [-0.4, -0.2) is 43.5 Å². The molecular weight excluding hydrogens is 348 g/mol. The van der Waals surface area contributed by atoms with Crippen LogP contribution in [0.1, 0.15) is 20.7 Å². The first-order chi connectivity index (χ1) is 10.6. The highest BCUT2D eigenvalue weighted by Crippen LogP contribution is 2.33. The number of nitrogens with one attached hydrogen (secondary N) is 1. The van der Waals surface area contributed by atoms with E-state index in [1.807, 2.05) is 0 Å². The molecule has 8 nitrogen and oxygen atoms in total. The Balaban J connectivity index is 2.42. The lowest BCUT2D eigenvalue weighted by atomic mass is 9.91. The Bertz CT molecular complexity index is 859. The number of halogens is 1. The Morgan fingerprint density at radius 1 is 1.26 bits per heavy atom. The number of Topliss-reactive ketones (excluding diaryl/α,β-unsaturated/α-hetero) is 2. The predicted octanol–water partition coefficient (Wildman–Crippen LogP) is 1.06. The molecule has 1 N–H and O–H groups in total. The van der Waals surface area contributed by atoms with Crippen LogP contribution in [0.3, 0.4) is 0 Å². The molecule has 10 heteroatoms. The van der Waals surface area contributed by atoms with Gasteiger partial charge in [0.15, 0.2) is 0 Å². The summed E-state index contributed by atoms with van der Waals surface area (Å²) >= 11 is 5.86. The third-order valence-corrected chi connectivity index (χ3v) is 4.44. The fourth-order valence-electron chi connectivity index (χ4n) is 2.10. The van der Waals surface area contributed by atoms with Crippen LogP contribution in [0.2, 0.25) is 0 Å². The van der Waals surface area contributed by atoms with Crippen molar-refractivity contribution >= 4 is 38.7 Å². The molecular formula is C13H11ClN2O6S. The number of nitro benzene ring substituents is 1. The smallest absolute Gasteiger partial charge is 0.281 e. The number of nitrogens with zero attached hydrogens (tertiary/aromatic N) is 1. The molecule has 0 unspecified atom stereocenters. The number of nitro groups is 1. The molecule has 0 bridgehead atoms. The molecule has 0 spiro atoms. The van der Waals surface area contributed by atoms with Crippen molar-refractivity contribution in [3.05, 3.63) is 50.2 Å². The summed E-state index contributed by atoms with van der Waals surface area (Å²) in [6, 6.07) is 3.68. The van der Waals surface area contributed by atoms with Crippen LogP contribution in [0, 0.1) is 10.1 Å². The summed E-state index contributed by atoms with van der Waals surface area (Å²) in [7, 11) is -3.27. The summed E-state index contributed by atoms with van der Waals surface area (Å²) < 4.78 is 22.2. The first-order valence-electron chi connectivity index (χ1n) is 6.31. The molecule has 23 heavy (non-hydrogen) atoms. The van der Waals surface area contributed by atoms with Gasteiger partial charge in [-0.2, -0.15) is 0 Å². The van der Waals surface area contributed by atoms with Gasteiger partial charge >= 0.3 is 0 Å². The van der Waals surface area contributed by atoms with Gasteiger partial charge in [0.2, 0.25) is 11.6 Å². The van der Waals surface area contributed by atoms with Crippen LogP contribution >= 0.6 is 11.6 Å². The normalized spacial score (nSPS) is 14.7. The second kappa shape index (κ2) is 6.09. The van der Waals surface area contributed by atoms with Gasteiger partial charge < -0.3 is 5.32 Å². The van der Waals surface area contributed by atoms with E-state index in [0.717, 1.165) is 12.3 Å². The van der Waals surface area contributed by atoms with E-state index >= 15 is 0 Å². The van der Waals surface area contributed by atoms with Crippen LogP contribution in [0.4, 0.5) is 5.69 Å². The van der Waals surface area contributed by atoms with Crippen molar-refractivity contribution in [2.24, 2.45) is 0 Å². The van der Waals surface area contributed by atoms with Gasteiger partial charge in [0.1, 0.15) is 26.1 Å². The topological polar surface area (TPSA) is 123 Å². The zero-order valence-electron chi connectivity index (χ0n) is 11.8. The molecule has 1 aliphatic rings. The highest BCUT2D eigenvalue weighted by atomic mass is 35.5. The molecule has 1 aromatic carbocycles. The predicted molar refractivity (Wildman–Crippen MR) is 82.3 cm³/mol. The van der Waals surface area contributed by atoms with Gasteiger partial charge in [0.25, 0.3) is 5.69 Å². The average Bonchev–Trinajstić information content (AvgIpc) is 2.46. The summed E-state index contributed by atoms with van der Waals surface area (Å²) in [4.78, 5) is 34.9. The van der Waals surface area contributed by atoms with Gasteiger partial charge in [0, 0.05) is 24.4 Å². The van der Waals surface area contributed by atoms with Gasteiger partial charge in [-0.25, -0.2) is 8.42 Å². The van der Waals surface area contributed by atoms with Crippen molar-refractivity contribution in [3.63, 3.8) is 0 Å². The van der Waals surface area contributed by atoms with Crippen LogP contribution in [0.15, 0.2) is 28.9 Å². The summed E-state index contributed by atoms with van der Waals surface area (Å²) in [5.74, 6) is -1.80. The summed E-state index contributed by atoms with van der Waals surface area (Å²) in [5, 5.41) is 13.0. The van der Waals surface area contributed by atoms with E-state index in [4.69, 9.17) is 11.6 Å². The van der Waals surface area contributed by atoms with E-state index in [1.165, 1.54) is 12.1 Å². The van der Waals surface area contributed by atoms with Crippen LogP contribution < -0.4 is 5.32 Å². The maximum atomic E-state index is 12.4. The molecule has 0 fully saturated rings. The second-order valence-corrected chi connectivity index (χ2v) is 7.50. The molecule has 1 aromatic rings. The number of hydrogen-bond acceptors (Lipinski definition) is 7. The Morgan fingerprint density at radius 2 is 1.91 bits per heavy atom. The van der Waals surface area contributed by atoms with Gasteiger partial charge in [-0.1, -0.05) is 17.7 Å². The summed E-state index contributed by atoms with van der Waals surface area (Å²) in [5.41, 5.74) is -1.26. The number of sulfone groups is 1. The molecule has 122 valence electrons. The van der Waals surface area contributed by atoms with Crippen molar-refractivity contribution in [3.8, 4) is 0 Å². The Kier molecular flexibility index (Phi) is 4.53. The fraction of sp³-hybridized carbons (Fsp3) is 0.231. The van der Waals surface area contributed by atoms with Gasteiger partial charge in [-0.3, -0.25) is 19.7 Å². The van der Waals surface area contributed by atoms with Crippen molar-refractivity contribution in [1.29, 1.82) is 0 Å². The minimum absolute atomic E-state index is 0.117. The van der Waals surface area contributed by atoms with Gasteiger partial charge in [0.05, 0.1) is 10.7 Å². The zero-order valence-corrected chi connectivity index (χ0v) is 13.4. The van der Waals surface area contributed by atoms with Crippen LogP contribution in [0.25, 0.3) is 0 Å². The molecule has 1 aliphatic carbocycles. The third kappa shape index (κ3) is 3.40. The quantitative estimate of drug-likeness (QED) is 0.616. The Labute approximate surface area is 136 Å². The molecule has 0 aromatic heterocycles. The molecule has 2 rings (SSSR count). The second-order valence-electron chi connectivity index (χ2n) is 4.86. The lowest BCUT2D eigenvalue weighted by molar-refractivity contribution is -0.385. The minimum atomic E-state index is -3.27. The number of fused-ring (bicyclic) bond motifs is 1. The number of ketones is 2. The summed E-state index contributed by atoms with van der Waals surface area (Å²) in [6.45, 7) is -0.117. The molecule has 0 saturated heterocycles. The fourth-order valence-corrected chi connectivity index (χ4v) is 2.82. The van der Waals surface area contributed by atoms with Gasteiger partial charge in [-0.15, -0.1) is 0 Å². The number of carbonyl (C=O) groups is 2. The first-order valence-corrected chi connectivity index (χ1v) is 8.75. The van der Waals surface area contributed by atoms with E-state index in [0.29, 0.717) is 0 Å². The van der Waals surface area contributed by atoms with Crippen molar-refractivity contribution in [2.75, 3.05) is 18.6 Å². The number of benzene rings is 1. The number of allylic oxidation sites excluding steroid dienone is 2. The summed E-state index contributed by atoms with van der Waals surface area (Å²) in [6.07, 6.45) is 1.02. The zero-order chi connectivity index (χ0) is 17.4. The Morgan fingerprint density at radius 3 is 2.48 bits per heavy atom. The largest absolute Gasteiger partial charge is 0.380 e.